The Labute approximate surface area is 188 Å². The van der Waals surface area contributed by atoms with Crippen molar-refractivity contribution in [1.82, 2.24) is 4.98 Å². The number of rotatable bonds is 4. The van der Waals surface area contributed by atoms with Crippen molar-refractivity contribution in [3.8, 4) is 0 Å². The molecule has 3 aromatic carbocycles. The minimum absolute atomic E-state index is 0.301. The van der Waals surface area contributed by atoms with Gasteiger partial charge in [0.1, 0.15) is 0 Å². The summed E-state index contributed by atoms with van der Waals surface area (Å²) in [5.74, 6) is -0.301. The van der Waals surface area contributed by atoms with Gasteiger partial charge in [-0.1, -0.05) is 36.4 Å². The molecule has 0 radical (unpaired) electrons. The zero-order chi connectivity index (χ0) is 22.6. The highest BCUT2D eigenvalue weighted by Gasteiger charge is 2.50. The second-order valence-corrected chi connectivity index (χ2v) is 8.81. The maximum atomic E-state index is 13.3. The van der Waals surface area contributed by atoms with Gasteiger partial charge in [-0.05, 0) is 37.3 Å². The van der Waals surface area contributed by atoms with Crippen molar-refractivity contribution >= 4 is 28.2 Å². The first-order chi connectivity index (χ1) is 15.3. The summed E-state index contributed by atoms with van der Waals surface area (Å²) in [7, 11) is 7.97. The summed E-state index contributed by atoms with van der Waals surface area (Å²) in [5, 5.41) is 1.05. The summed E-state index contributed by atoms with van der Waals surface area (Å²) in [4.78, 5) is 20.8. The van der Waals surface area contributed by atoms with Crippen LogP contribution in [0.25, 0.3) is 10.9 Å². The van der Waals surface area contributed by atoms with Crippen LogP contribution in [0.3, 0.4) is 0 Å². The maximum Gasteiger partial charge on any atom is 0.340 e. The molecule has 2 heterocycles. The van der Waals surface area contributed by atoms with E-state index in [1.54, 1.807) is 0 Å². The van der Waals surface area contributed by atoms with Crippen LogP contribution < -0.4 is 9.80 Å². The Bertz CT molecular complexity index is 1340. The van der Waals surface area contributed by atoms with Gasteiger partial charge in [0, 0.05) is 72.9 Å². The van der Waals surface area contributed by atoms with Crippen molar-refractivity contribution < 1.29 is 9.53 Å². The van der Waals surface area contributed by atoms with Crippen molar-refractivity contribution in [2.75, 3.05) is 38.0 Å². The Morgan fingerprint density at radius 1 is 0.844 bits per heavy atom. The van der Waals surface area contributed by atoms with Crippen molar-refractivity contribution in [3.63, 3.8) is 0 Å². The minimum atomic E-state index is -1.02. The highest BCUT2D eigenvalue weighted by Crippen LogP contribution is 2.51. The van der Waals surface area contributed by atoms with Crippen LogP contribution in [0.5, 0.6) is 0 Å². The number of para-hydroxylation sites is 1. The van der Waals surface area contributed by atoms with E-state index in [2.05, 4.69) is 46.3 Å². The molecule has 1 unspecified atom stereocenters. The molecule has 5 nitrogen and oxygen atoms in total. The number of aromatic amines is 1. The number of benzene rings is 3. The quantitative estimate of drug-likeness (QED) is 0.464. The van der Waals surface area contributed by atoms with Gasteiger partial charge in [-0.3, -0.25) is 0 Å². The average Bonchev–Trinajstić information content (AvgIpc) is 3.27. The van der Waals surface area contributed by atoms with Crippen molar-refractivity contribution in [1.29, 1.82) is 0 Å². The van der Waals surface area contributed by atoms with Crippen LogP contribution in [0, 0.1) is 6.92 Å². The third-order valence-corrected chi connectivity index (χ3v) is 6.40. The number of esters is 1. The number of hydrogen-bond donors (Lipinski definition) is 1. The fourth-order valence-electron chi connectivity index (χ4n) is 4.80. The number of carbonyl (C=O) groups is 1. The summed E-state index contributed by atoms with van der Waals surface area (Å²) in [6.45, 7) is 2.05. The van der Waals surface area contributed by atoms with E-state index in [0.29, 0.717) is 5.56 Å². The van der Waals surface area contributed by atoms with Crippen LogP contribution in [-0.2, 0) is 10.3 Å². The molecular weight excluding hydrogens is 398 g/mol. The van der Waals surface area contributed by atoms with Gasteiger partial charge in [-0.15, -0.1) is 0 Å². The van der Waals surface area contributed by atoms with Gasteiger partial charge in [-0.25, -0.2) is 4.79 Å². The molecule has 0 bridgehead atoms. The normalized spacial score (nSPS) is 17.3. The molecular formula is C27H27N3O2. The van der Waals surface area contributed by atoms with Crippen molar-refractivity contribution in [3.05, 3.63) is 94.7 Å². The van der Waals surface area contributed by atoms with E-state index in [4.69, 9.17) is 4.74 Å². The molecule has 0 saturated heterocycles. The van der Waals surface area contributed by atoms with E-state index in [9.17, 15) is 4.79 Å². The maximum absolute atomic E-state index is 13.3. The fraction of sp³-hybridized carbons (Fsp3) is 0.222. The van der Waals surface area contributed by atoms with Gasteiger partial charge in [0.05, 0.1) is 5.56 Å². The van der Waals surface area contributed by atoms with Gasteiger partial charge in [0.2, 0.25) is 0 Å². The van der Waals surface area contributed by atoms with Crippen LogP contribution >= 0.6 is 0 Å². The molecule has 1 N–H and O–H groups in total. The molecule has 162 valence electrons. The molecule has 1 aromatic heterocycles. The van der Waals surface area contributed by atoms with E-state index in [1.165, 1.54) is 0 Å². The van der Waals surface area contributed by atoms with Crippen molar-refractivity contribution in [2.45, 2.75) is 12.5 Å². The molecule has 1 atom stereocenters. The number of nitrogens with zero attached hydrogens (tertiary/aromatic N) is 2. The van der Waals surface area contributed by atoms with E-state index < -0.39 is 5.60 Å². The topological polar surface area (TPSA) is 48.6 Å². The number of anilines is 2. The van der Waals surface area contributed by atoms with Crippen LogP contribution in [0.4, 0.5) is 11.4 Å². The van der Waals surface area contributed by atoms with Gasteiger partial charge in [0.15, 0.2) is 5.60 Å². The lowest BCUT2D eigenvalue weighted by Crippen LogP contribution is -2.30. The molecule has 0 fully saturated rings. The Morgan fingerprint density at radius 3 is 2.19 bits per heavy atom. The van der Waals surface area contributed by atoms with Crippen LogP contribution in [-0.4, -0.2) is 39.1 Å². The molecule has 0 saturated carbocycles. The lowest BCUT2D eigenvalue weighted by molar-refractivity contribution is 0.0254. The molecule has 5 heteroatoms. The van der Waals surface area contributed by atoms with Gasteiger partial charge in [0.25, 0.3) is 0 Å². The van der Waals surface area contributed by atoms with Gasteiger partial charge in [-0.2, -0.15) is 0 Å². The summed E-state index contributed by atoms with van der Waals surface area (Å²) in [5.41, 5.74) is 6.44. The highest BCUT2D eigenvalue weighted by atomic mass is 16.6. The van der Waals surface area contributed by atoms with Crippen molar-refractivity contribution in [2.24, 2.45) is 0 Å². The zero-order valence-electron chi connectivity index (χ0n) is 19.1. The Morgan fingerprint density at radius 2 is 1.50 bits per heavy atom. The minimum Gasteiger partial charge on any atom is -0.440 e. The number of carbonyl (C=O) groups excluding carboxylic acids is 1. The SMILES string of the molecule is Cc1[nH]c2ccccc2c1C1(c2ccc(N(C)C)cc2)OC(=O)c2cc(N(C)C)ccc21. The predicted octanol–water partition coefficient (Wildman–Crippen LogP) is 5.07. The standard InChI is InChI=1S/C27H27N3O2/c1-17-25(21-8-6-7-9-24(21)28-17)27(18-10-12-19(13-11-18)29(2)3)23-15-14-20(30(4)5)16-22(23)26(31)32-27/h6-16,28H,1-5H3. The number of aryl methyl sites for hydroxylation is 1. The molecule has 1 aliphatic heterocycles. The molecule has 0 spiro atoms. The largest absolute Gasteiger partial charge is 0.440 e. The Balaban J connectivity index is 1.85. The summed E-state index contributed by atoms with van der Waals surface area (Å²) >= 11 is 0. The van der Waals surface area contributed by atoms with E-state index in [-0.39, 0.29) is 5.97 Å². The monoisotopic (exact) mass is 425 g/mol. The Hall–Kier alpha value is -3.73. The first kappa shape index (κ1) is 20.2. The molecule has 1 aliphatic rings. The number of cyclic esters (lactones) is 1. The smallest absolute Gasteiger partial charge is 0.340 e. The predicted molar refractivity (Wildman–Crippen MR) is 130 cm³/mol. The number of aromatic nitrogens is 1. The molecule has 0 aliphatic carbocycles. The Kier molecular flexibility index (Phi) is 4.52. The van der Waals surface area contributed by atoms with E-state index in [0.717, 1.165) is 44.7 Å². The number of fused-ring (bicyclic) bond motifs is 2. The molecule has 0 amide bonds. The number of hydrogen-bond acceptors (Lipinski definition) is 4. The van der Waals surface area contributed by atoms with E-state index >= 15 is 0 Å². The highest BCUT2D eigenvalue weighted by molar-refractivity contribution is 5.99. The molecule has 5 rings (SSSR count). The second-order valence-electron chi connectivity index (χ2n) is 8.81. The average molecular weight is 426 g/mol. The molecule has 4 aromatic rings. The first-order valence-corrected chi connectivity index (χ1v) is 10.7. The second kappa shape index (κ2) is 7.16. The molecule has 32 heavy (non-hydrogen) atoms. The summed E-state index contributed by atoms with van der Waals surface area (Å²) in [6, 6.07) is 22.5. The number of nitrogens with one attached hydrogen (secondary N) is 1. The van der Waals surface area contributed by atoms with Crippen LogP contribution in [0.2, 0.25) is 0 Å². The fourth-order valence-corrected chi connectivity index (χ4v) is 4.80. The lowest BCUT2D eigenvalue weighted by Gasteiger charge is -2.31. The van der Waals surface area contributed by atoms with Gasteiger partial charge < -0.3 is 19.5 Å². The number of H-pyrrole nitrogens is 1. The van der Waals surface area contributed by atoms with Gasteiger partial charge >= 0.3 is 5.97 Å². The summed E-state index contributed by atoms with van der Waals surface area (Å²) in [6.07, 6.45) is 0. The zero-order valence-corrected chi connectivity index (χ0v) is 19.1. The van der Waals surface area contributed by atoms with Crippen LogP contribution in [0.1, 0.15) is 32.7 Å². The third kappa shape index (κ3) is 2.81. The summed E-state index contributed by atoms with van der Waals surface area (Å²) < 4.78 is 6.38. The van der Waals surface area contributed by atoms with Crippen LogP contribution in [0.15, 0.2) is 66.7 Å². The third-order valence-electron chi connectivity index (χ3n) is 6.40. The number of ether oxygens (including phenoxy) is 1. The first-order valence-electron chi connectivity index (χ1n) is 10.7. The van der Waals surface area contributed by atoms with E-state index in [1.807, 2.05) is 70.3 Å². The lowest BCUT2D eigenvalue weighted by atomic mass is 9.78.